The lowest BCUT2D eigenvalue weighted by Gasteiger charge is -2.34. The lowest BCUT2D eigenvalue weighted by atomic mass is 9.92. The Labute approximate surface area is 85.1 Å². The maximum Gasteiger partial charge on any atom is 0.231 e. The maximum atomic E-state index is 10.8. The topological polar surface area (TPSA) is 66.6 Å². The van der Waals surface area contributed by atoms with E-state index in [1.807, 2.05) is 6.92 Å². The van der Waals surface area contributed by atoms with Gasteiger partial charge in [0, 0.05) is 6.04 Å². The van der Waals surface area contributed by atoms with Crippen LogP contribution in [0.5, 0.6) is 0 Å². The monoisotopic (exact) mass is 200 g/mol. The van der Waals surface area contributed by atoms with Crippen LogP contribution in [-0.2, 0) is 4.79 Å². The van der Waals surface area contributed by atoms with Crippen molar-refractivity contribution in [3.8, 4) is 0 Å². The molecule has 0 aromatic heterocycles. The van der Waals surface area contributed by atoms with E-state index in [0.717, 1.165) is 32.2 Å². The van der Waals surface area contributed by atoms with Crippen molar-refractivity contribution in [3.05, 3.63) is 0 Å². The molecule has 4 nitrogen and oxygen atoms in total. The van der Waals surface area contributed by atoms with Gasteiger partial charge in [0.15, 0.2) is 0 Å². The summed E-state index contributed by atoms with van der Waals surface area (Å²) in [5.41, 5.74) is 5.17. The molecule has 0 aromatic rings. The Morgan fingerprint density at radius 3 is 2.43 bits per heavy atom. The number of primary amides is 1. The van der Waals surface area contributed by atoms with Crippen molar-refractivity contribution in [2.45, 2.75) is 44.8 Å². The fraction of sp³-hybridized carbons (Fsp3) is 0.900. The summed E-state index contributed by atoms with van der Waals surface area (Å²) in [6, 6.07) is 0.427. The predicted molar refractivity (Wildman–Crippen MR) is 54.7 cm³/mol. The summed E-state index contributed by atoms with van der Waals surface area (Å²) in [4.78, 5) is 12.9. The SMILES string of the molecule is CCN(CC(N)=O)C1CCC(O)CC1. The maximum absolute atomic E-state index is 10.8. The van der Waals surface area contributed by atoms with Crippen molar-refractivity contribution in [1.82, 2.24) is 4.90 Å². The molecule has 82 valence electrons. The van der Waals surface area contributed by atoms with Crippen LogP contribution in [-0.4, -0.2) is 41.1 Å². The van der Waals surface area contributed by atoms with Gasteiger partial charge in [-0.25, -0.2) is 0 Å². The van der Waals surface area contributed by atoms with Gasteiger partial charge in [-0.1, -0.05) is 6.92 Å². The second kappa shape index (κ2) is 5.32. The Kier molecular flexibility index (Phi) is 4.35. The Hall–Kier alpha value is -0.610. The van der Waals surface area contributed by atoms with Crippen LogP contribution < -0.4 is 5.73 Å². The summed E-state index contributed by atoms with van der Waals surface area (Å²) in [5.74, 6) is -0.266. The van der Waals surface area contributed by atoms with Crippen molar-refractivity contribution in [1.29, 1.82) is 0 Å². The quantitative estimate of drug-likeness (QED) is 0.676. The zero-order chi connectivity index (χ0) is 10.6. The largest absolute Gasteiger partial charge is 0.393 e. The molecule has 1 fully saturated rings. The summed E-state index contributed by atoms with van der Waals surface area (Å²) in [6.07, 6.45) is 3.50. The molecule has 0 spiro atoms. The van der Waals surface area contributed by atoms with Gasteiger partial charge in [0.05, 0.1) is 12.6 Å². The second-order valence-electron chi connectivity index (χ2n) is 3.99. The van der Waals surface area contributed by atoms with Gasteiger partial charge in [-0.15, -0.1) is 0 Å². The van der Waals surface area contributed by atoms with E-state index in [1.165, 1.54) is 0 Å². The minimum atomic E-state index is -0.266. The number of likely N-dealkylation sites (N-methyl/N-ethyl adjacent to an activating group) is 1. The van der Waals surface area contributed by atoms with Crippen molar-refractivity contribution in [3.63, 3.8) is 0 Å². The van der Waals surface area contributed by atoms with Crippen LogP contribution in [0.25, 0.3) is 0 Å². The molecular formula is C10H20N2O2. The minimum absolute atomic E-state index is 0.140. The molecule has 0 saturated heterocycles. The second-order valence-corrected chi connectivity index (χ2v) is 3.99. The van der Waals surface area contributed by atoms with Crippen molar-refractivity contribution in [2.24, 2.45) is 5.73 Å². The number of aliphatic hydroxyl groups excluding tert-OH is 1. The van der Waals surface area contributed by atoms with Gasteiger partial charge >= 0.3 is 0 Å². The third kappa shape index (κ3) is 3.27. The average Bonchev–Trinajstić information content (AvgIpc) is 2.15. The molecule has 0 radical (unpaired) electrons. The van der Waals surface area contributed by atoms with Crippen LogP contribution in [0.1, 0.15) is 32.6 Å². The van der Waals surface area contributed by atoms with Crippen LogP contribution in [0.15, 0.2) is 0 Å². The highest BCUT2D eigenvalue weighted by atomic mass is 16.3. The van der Waals surface area contributed by atoms with Crippen molar-refractivity contribution in [2.75, 3.05) is 13.1 Å². The fourth-order valence-corrected chi connectivity index (χ4v) is 2.12. The molecule has 0 heterocycles. The highest BCUT2D eigenvalue weighted by Gasteiger charge is 2.24. The first-order valence-corrected chi connectivity index (χ1v) is 5.34. The molecule has 0 unspecified atom stereocenters. The van der Waals surface area contributed by atoms with E-state index < -0.39 is 0 Å². The molecule has 4 heteroatoms. The Balaban J connectivity index is 2.40. The molecule has 1 saturated carbocycles. The third-order valence-electron chi connectivity index (χ3n) is 2.95. The Morgan fingerprint density at radius 1 is 1.43 bits per heavy atom. The van der Waals surface area contributed by atoms with Gasteiger partial charge in [0.1, 0.15) is 0 Å². The molecule has 0 aliphatic heterocycles. The molecule has 0 bridgehead atoms. The molecule has 1 aliphatic carbocycles. The molecule has 3 N–H and O–H groups in total. The predicted octanol–water partition coefficient (Wildman–Crippen LogP) is 0.0971. The molecule has 0 aromatic carbocycles. The number of carbonyl (C=O) groups is 1. The van der Waals surface area contributed by atoms with E-state index in [0.29, 0.717) is 12.6 Å². The molecule has 14 heavy (non-hydrogen) atoms. The highest BCUT2D eigenvalue weighted by molar-refractivity contribution is 5.75. The standard InChI is InChI=1S/C10H20N2O2/c1-2-12(7-10(11)14)8-3-5-9(13)6-4-8/h8-9,13H,2-7H2,1H3,(H2,11,14). The third-order valence-corrected chi connectivity index (χ3v) is 2.95. The van der Waals surface area contributed by atoms with Crippen LogP contribution >= 0.6 is 0 Å². The first kappa shape index (κ1) is 11.5. The Bertz CT molecular complexity index is 189. The number of rotatable bonds is 4. The Morgan fingerprint density at radius 2 is 2.00 bits per heavy atom. The summed E-state index contributed by atoms with van der Waals surface area (Å²) < 4.78 is 0. The van der Waals surface area contributed by atoms with E-state index in [4.69, 9.17) is 5.73 Å². The summed E-state index contributed by atoms with van der Waals surface area (Å²) in [7, 11) is 0. The number of nitrogens with two attached hydrogens (primary N) is 1. The number of nitrogens with zero attached hydrogens (tertiary/aromatic N) is 1. The smallest absolute Gasteiger partial charge is 0.231 e. The van der Waals surface area contributed by atoms with Crippen LogP contribution in [0.2, 0.25) is 0 Å². The number of hydrogen-bond acceptors (Lipinski definition) is 3. The summed E-state index contributed by atoms with van der Waals surface area (Å²) in [5, 5.41) is 9.35. The fourth-order valence-electron chi connectivity index (χ4n) is 2.12. The average molecular weight is 200 g/mol. The number of amides is 1. The molecule has 1 rings (SSSR count). The van der Waals surface area contributed by atoms with Crippen LogP contribution in [0.3, 0.4) is 0 Å². The zero-order valence-electron chi connectivity index (χ0n) is 8.78. The first-order chi connectivity index (χ1) is 6.63. The van der Waals surface area contributed by atoms with Gasteiger partial charge in [0.25, 0.3) is 0 Å². The summed E-state index contributed by atoms with van der Waals surface area (Å²) in [6.45, 7) is 3.23. The van der Waals surface area contributed by atoms with Gasteiger partial charge in [-0.3, -0.25) is 9.69 Å². The zero-order valence-corrected chi connectivity index (χ0v) is 8.78. The van der Waals surface area contributed by atoms with Crippen LogP contribution in [0.4, 0.5) is 0 Å². The van der Waals surface area contributed by atoms with E-state index in [2.05, 4.69) is 4.90 Å². The van der Waals surface area contributed by atoms with E-state index in [-0.39, 0.29) is 12.0 Å². The molecule has 0 atom stereocenters. The van der Waals surface area contributed by atoms with Gasteiger partial charge < -0.3 is 10.8 Å². The van der Waals surface area contributed by atoms with Gasteiger partial charge in [0.2, 0.25) is 5.91 Å². The number of aliphatic hydroxyl groups is 1. The van der Waals surface area contributed by atoms with Crippen molar-refractivity contribution >= 4 is 5.91 Å². The first-order valence-electron chi connectivity index (χ1n) is 5.34. The van der Waals surface area contributed by atoms with Gasteiger partial charge in [-0.2, -0.15) is 0 Å². The van der Waals surface area contributed by atoms with Gasteiger partial charge in [-0.05, 0) is 32.2 Å². The lowest BCUT2D eigenvalue weighted by molar-refractivity contribution is -0.119. The highest BCUT2D eigenvalue weighted by Crippen LogP contribution is 2.22. The molecular weight excluding hydrogens is 180 g/mol. The molecule has 1 amide bonds. The normalized spacial score (nSPS) is 27.9. The van der Waals surface area contributed by atoms with E-state index in [1.54, 1.807) is 0 Å². The van der Waals surface area contributed by atoms with E-state index in [9.17, 15) is 9.90 Å². The van der Waals surface area contributed by atoms with E-state index >= 15 is 0 Å². The molecule has 1 aliphatic rings. The number of hydrogen-bond donors (Lipinski definition) is 2. The lowest BCUT2D eigenvalue weighted by Crippen LogP contribution is -2.43. The number of carbonyl (C=O) groups excluding carboxylic acids is 1. The van der Waals surface area contributed by atoms with Crippen molar-refractivity contribution < 1.29 is 9.90 Å². The summed E-state index contributed by atoms with van der Waals surface area (Å²) >= 11 is 0. The minimum Gasteiger partial charge on any atom is -0.393 e. The van der Waals surface area contributed by atoms with Crippen LogP contribution in [0, 0.1) is 0 Å².